The molecular formula is C30H31N7O. The molecule has 8 nitrogen and oxygen atoms in total. The van der Waals surface area contributed by atoms with E-state index in [9.17, 15) is 4.79 Å². The zero-order valence-electron chi connectivity index (χ0n) is 22.1. The van der Waals surface area contributed by atoms with Gasteiger partial charge in [-0.05, 0) is 51.3 Å². The monoisotopic (exact) mass is 505 g/mol. The van der Waals surface area contributed by atoms with Gasteiger partial charge in [0.2, 0.25) is 0 Å². The Kier molecular flexibility index (Phi) is 5.94. The molecule has 0 aliphatic carbocycles. The Morgan fingerprint density at radius 2 is 1.87 bits per heavy atom. The van der Waals surface area contributed by atoms with Gasteiger partial charge in [0.05, 0.1) is 35.4 Å². The first-order valence-corrected chi connectivity index (χ1v) is 13.0. The third-order valence-corrected chi connectivity index (χ3v) is 7.37. The van der Waals surface area contributed by atoms with E-state index in [0.717, 1.165) is 52.4 Å². The molecule has 0 amide bonds. The molecule has 1 aliphatic rings. The first-order valence-electron chi connectivity index (χ1n) is 13.0. The number of nitrogens with one attached hydrogen (secondary N) is 1. The maximum absolute atomic E-state index is 13.8. The summed E-state index contributed by atoms with van der Waals surface area (Å²) in [6, 6.07) is 18.0. The van der Waals surface area contributed by atoms with Crippen LogP contribution in [0.4, 0.5) is 0 Å². The van der Waals surface area contributed by atoms with E-state index in [4.69, 9.17) is 10.1 Å². The Morgan fingerprint density at radius 1 is 1.08 bits per heavy atom. The molecule has 0 radical (unpaired) electrons. The molecule has 6 rings (SSSR count). The number of aryl methyl sites for hydroxylation is 3. The van der Waals surface area contributed by atoms with Crippen LogP contribution in [0.1, 0.15) is 48.7 Å². The number of rotatable bonds is 4. The molecular weight excluding hydrogens is 474 g/mol. The van der Waals surface area contributed by atoms with Crippen molar-refractivity contribution in [2.24, 2.45) is 12.0 Å². The fraction of sp³-hybridized carbons (Fsp3) is 0.267. The Bertz CT molecular complexity index is 1800. The Morgan fingerprint density at radius 3 is 2.68 bits per heavy atom. The molecule has 192 valence electrons. The van der Waals surface area contributed by atoms with Crippen molar-refractivity contribution >= 4 is 22.4 Å². The summed E-state index contributed by atoms with van der Waals surface area (Å²) in [4.78, 5) is 18.9. The lowest BCUT2D eigenvalue weighted by molar-refractivity contribution is 0.705. The summed E-state index contributed by atoms with van der Waals surface area (Å²) in [7, 11) is 1.91. The predicted molar refractivity (Wildman–Crippen MR) is 150 cm³/mol. The number of nitrogens with zero attached hydrogens (tertiary/aromatic N) is 6. The van der Waals surface area contributed by atoms with Crippen LogP contribution in [-0.4, -0.2) is 29.8 Å². The lowest BCUT2D eigenvalue weighted by atomic mass is 9.96. The molecule has 8 heteroatoms. The van der Waals surface area contributed by atoms with E-state index in [1.54, 1.807) is 4.68 Å². The fourth-order valence-corrected chi connectivity index (χ4v) is 5.21. The van der Waals surface area contributed by atoms with Crippen LogP contribution in [-0.2, 0) is 20.0 Å². The minimum absolute atomic E-state index is 0.0280. The summed E-state index contributed by atoms with van der Waals surface area (Å²) in [5.41, 5.74) is 8.01. The molecule has 1 N–H and O–H groups in total. The van der Waals surface area contributed by atoms with E-state index in [-0.39, 0.29) is 11.6 Å². The summed E-state index contributed by atoms with van der Waals surface area (Å²) in [6.45, 7) is 6.57. The molecule has 0 bridgehead atoms. The van der Waals surface area contributed by atoms with Crippen LogP contribution in [0, 0.1) is 6.92 Å². The van der Waals surface area contributed by atoms with Gasteiger partial charge in [-0.1, -0.05) is 42.0 Å². The molecule has 3 aromatic heterocycles. The number of benzene rings is 2. The maximum atomic E-state index is 13.8. The van der Waals surface area contributed by atoms with Crippen LogP contribution in [0.2, 0.25) is 0 Å². The van der Waals surface area contributed by atoms with Gasteiger partial charge >= 0.3 is 0 Å². The molecule has 38 heavy (non-hydrogen) atoms. The third kappa shape index (κ3) is 4.22. The molecule has 1 atom stereocenters. The fourth-order valence-electron chi connectivity index (χ4n) is 5.21. The highest BCUT2D eigenvalue weighted by Crippen LogP contribution is 2.24. The van der Waals surface area contributed by atoms with Gasteiger partial charge in [0.1, 0.15) is 11.5 Å². The van der Waals surface area contributed by atoms with Crippen molar-refractivity contribution < 1.29 is 0 Å². The van der Waals surface area contributed by atoms with Gasteiger partial charge in [0, 0.05) is 36.1 Å². The molecule has 0 saturated carbocycles. The van der Waals surface area contributed by atoms with Crippen molar-refractivity contribution in [1.29, 1.82) is 0 Å². The first kappa shape index (κ1) is 23.9. The van der Waals surface area contributed by atoms with Gasteiger partial charge in [-0.25, -0.2) is 4.52 Å². The normalized spacial score (nSPS) is 15.9. The zero-order chi connectivity index (χ0) is 26.4. The summed E-state index contributed by atoms with van der Waals surface area (Å²) in [6.07, 6.45) is 5.65. The van der Waals surface area contributed by atoms with Gasteiger partial charge in [0.15, 0.2) is 0 Å². The molecule has 1 aliphatic heterocycles. The summed E-state index contributed by atoms with van der Waals surface area (Å²) in [5, 5.41) is 13.4. The molecule has 5 aromatic rings. The molecule has 0 fully saturated rings. The largest absolute Gasteiger partial charge is 0.342 e. The first-order chi connectivity index (χ1) is 18.4. The van der Waals surface area contributed by atoms with E-state index in [1.165, 1.54) is 11.1 Å². The minimum Gasteiger partial charge on any atom is -0.342 e. The van der Waals surface area contributed by atoms with Crippen molar-refractivity contribution in [3.8, 4) is 0 Å². The number of hydrogen-bond acceptors (Lipinski definition) is 4. The average Bonchev–Trinajstić information content (AvgIpc) is 3.53. The quantitative estimate of drug-likeness (QED) is 0.384. The van der Waals surface area contributed by atoms with Crippen LogP contribution in [0.15, 0.2) is 88.0 Å². The van der Waals surface area contributed by atoms with Crippen LogP contribution < -0.4 is 10.9 Å². The van der Waals surface area contributed by atoms with Crippen molar-refractivity contribution in [3.63, 3.8) is 0 Å². The lowest BCUT2D eigenvalue weighted by Crippen LogP contribution is -2.33. The van der Waals surface area contributed by atoms with Crippen LogP contribution >= 0.6 is 0 Å². The zero-order valence-corrected chi connectivity index (χ0v) is 22.1. The van der Waals surface area contributed by atoms with Crippen LogP contribution in [0.25, 0.3) is 16.6 Å². The van der Waals surface area contributed by atoms with E-state index in [0.29, 0.717) is 11.9 Å². The molecule has 1 unspecified atom stereocenters. The molecule has 0 saturated heterocycles. The van der Waals surface area contributed by atoms with Crippen molar-refractivity contribution in [3.05, 3.63) is 111 Å². The highest BCUT2D eigenvalue weighted by atomic mass is 16.1. The maximum Gasteiger partial charge on any atom is 0.262 e. The average molecular weight is 506 g/mol. The molecule has 0 spiro atoms. The highest BCUT2D eigenvalue weighted by molar-refractivity contribution is 6.01. The van der Waals surface area contributed by atoms with Gasteiger partial charge < -0.3 is 5.32 Å². The Labute approximate surface area is 220 Å². The van der Waals surface area contributed by atoms with E-state index in [1.807, 2.05) is 65.8 Å². The second-order valence-electron chi connectivity index (χ2n) is 10.1. The van der Waals surface area contributed by atoms with Crippen molar-refractivity contribution in [2.45, 2.75) is 46.2 Å². The second kappa shape index (κ2) is 9.45. The summed E-state index contributed by atoms with van der Waals surface area (Å²) < 4.78 is 5.50. The standard InChI is InChI=1S/C30H31N7O/c1-19-13-14-22-9-5-6-10-24(22)29(32-21(3)23-16-31-35(4)17-23)33-26(19)18-36-28-15-20(2)34-37(28)27-12-8-7-11-25(27)30(36)38/h5-12,15-17,21H,13-14,18H2,1-4H3,(H,32,33). The topological polar surface area (TPSA) is 81.5 Å². The minimum atomic E-state index is -0.0900. The van der Waals surface area contributed by atoms with E-state index < -0.39 is 0 Å². The summed E-state index contributed by atoms with van der Waals surface area (Å²) in [5.74, 6) is 0.806. The predicted octanol–water partition coefficient (Wildman–Crippen LogP) is 4.71. The van der Waals surface area contributed by atoms with Gasteiger partial charge in [-0.15, -0.1) is 0 Å². The Hall–Kier alpha value is -4.46. The van der Waals surface area contributed by atoms with E-state index in [2.05, 4.69) is 48.5 Å². The number of amidine groups is 1. The number of fused-ring (bicyclic) bond motifs is 4. The number of aromatic nitrogens is 5. The van der Waals surface area contributed by atoms with Crippen LogP contribution in [0.5, 0.6) is 0 Å². The third-order valence-electron chi connectivity index (χ3n) is 7.37. The number of allylic oxidation sites excluding steroid dienone is 2. The second-order valence-corrected chi connectivity index (χ2v) is 10.1. The summed E-state index contributed by atoms with van der Waals surface area (Å²) >= 11 is 0. The van der Waals surface area contributed by atoms with Gasteiger partial charge in [0.25, 0.3) is 5.56 Å². The highest BCUT2D eigenvalue weighted by Gasteiger charge is 2.20. The lowest BCUT2D eigenvalue weighted by Gasteiger charge is -2.24. The van der Waals surface area contributed by atoms with Gasteiger partial charge in [-0.3, -0.25) is 19.0 Å². The SMILES string of the molecule is CC1=C(Cn2c(=O)c3ccccc3n3nc(C)cc23)NC(=NC(C)c2cnn(C)c2)c2ccccc2CC1. The van der Waals surface area contributed by atoms with Crippen molar-refractivity contribution in [2.75, 3.05) is 0 Å². The van der Waals surface area contributed by atoms with Crippen molar-refractivity contribution in [1.82, 2.24) is 29.3 Å². The Balaban J connectivity index is 1.47. The number of aliphatic imine (C=N–C) groups is 1. The van der Waals surface area contributed by atoms with Crippen LogP contribution in [0.3, 0.4) is 0 Å². The van der Waals surface area contributed by atoms with Gasteiger partial charge in [-0.2, -0.15) is 10.2 Å². The smallest absolute Gasteiger partial charge is 0.262 e. The van der Waals surface area contributed by atoms with E-state index >= 15 is 0 Å². The molecule has 2 aromatic carbocycles. The number of para-hydroxylation sites is 1. The number of hydrogen-bond donors (Lipinski definition) is 1. The molecule has 4 heterocycles.